The quantitative estimate of drug-likeness (QED) is 0.164. The van der Waals surface area contributed by atoms with Crippen LogP contribution in [-0.4, -0.2) is 31.1 Å². The molecule has 9 heteroatoms. The van der Waals surface area contributed by atoms with Crippen molar-refractivity contribution in [2.45, 2.75) is 13.8 Å². The Bertz CT molecular complexity index is 1250. The summed E-state index contributed by atoms with van der Waals surface area (Å²) in [6.45, 7) is 3.79. The number of hydrazone groups is 1. The molecule has 0 fully saturated rings. The van der Waals surface area contributed by atoms with Crippen LogP contribution in [0.5, 0.6) is 11.5 Å². The van der Waals surface area contributed by atoms with Gasteiger partial charge in [-0.25, -0.2) is 10.2 Å². The fourth-order valence-electron chi connectivity index (χ4n) is 3.08. The summed E-state index contributed by atoms with van der Waals surface area (Å²) in [5.74, 6) is -1.79. The number of nitrogens with zero attached hydrogens (tertiary/aromatic N) is 1. The topological polar surface area (TPSA) is 106 Å². The van der Waals surface area contributed by atoms with E-state index in [9.17, 15) is 14.4 Å². The number of esters is 1. The normalized spacial score (nSPS) is 10.6. The molecule has 3 aromatic carbocycles. The van der Waals surface area contributed by atoms with Crippen LogP contribution in [0.1, 0.15) is 27.0 Å². The van der Waals surface area contributed by atoms with Gasteiger partial charge < -0.3 is 14.8 Å². The van der Waals surface area contributed by atoms with Gasteiger partial charge in [-0.3, -0.25) is 9.59 Å². The van der Waals surface area contributed by atoms with Crippen LogP contribution in [-0.2, 0) is 9.59 Å². The van der Waals surface area contributed by atoms with Crippen molar-refractivity contribution in [3.8, 4) is 11.5 Å². The van der Waals surface area contributed by atoms with Gasteiger partial charge in [-0.15, -0.1) is 0 Å². The average Bonchev–Trinajstić information content (AvgIpc) is 2.79. The third-order valence-electron chi connectivity index (χ3n) is 4.55. The van der Waals surface area contributed by atoms with Gasteiger partial charge in [-0.2, -0.15) is 5.10 Å². The number of carbonyl (C=O) groups is 3. The molecule has 0 aliphatic rings. The van der Waals surface area contributed by atoms with Gasteiger partial charge in [-0.1, -0.05) is 18.2 Å². The number of hydrogen-bond donors (Lipinski definition) is 2. The smallest absolute Gasteiger partial charge is 0.344 e. The van der Waals surface area contributed by atoms with E-state index in [0.29, 0.717) is 27.0 Å². The van der Waals surface area contributed by atoms with Crippen LogP contribution in [0.25, 0.3) is 0 Å². The molecule has 2 N–H and O–H groups in total. The van der Waals surface area contributed by atoms with E-state index in [1.54, 1.807) is 54.6 Å². The molecule has 0 aliphatic carbocycles. The van der Waals surface area contributed by atoms with Gasteiger partial charge >= 0.3 is 17.8 Å². The van der Waals surface area contributed by atoms with E-state index >= 15 is 0 Å². The number of benzene rings is 3. The van der Waals surface area contributed by atoms with Gasteiger partial charge in [-0.05, 0) is 88.9 Å². The minimum absolute atomic E-state index is 0.220. The van der Waals surface area contributed by atoms with Crippen LogP contribution in [0.15, 0.2) is 70.2 Å². The highest BCUT2D eigenvalue weighted by Crippen LogP contribution is 2.29. The van der Waals surface area contributed by atoms with Crippen molar-refractivity contribution in [3.63, 3.8) is 0 Å². The summed E-state index contributed by atoms with van der Waals surface area (Å²) in [4.78, 5) is 36.6. The van der Waals surface area contributed by atoms with Gasteiger partial charge in [0.25, 0.3) is 0 Å². The fourth-order valence-corrected chi connectivity index (χ4v) is 3.53. The summed E-state index contributed by atoms with van der Waals surface area (Å²) in [5.41, 5.74) is 5.56. The summed E-state index contributed by atoms with van der Waals surface area (Å²) in [6, 6.07) is 17.1. The predicted molar refractivity (Wildman–Crippen MR) is 132 cm³/mol. The molecule has 8 nitrogen and oxygen atoms in total. The number of anilines is 1. The summed E-state index contributed by atoms with van der Waals surface area (Å²) in [5, 5.41) is 6.35. The fraction of sp³-hybridized carbons (Fsp3) is 0.120. The lowest BCUT2D eigenvalue weighted by atomic mass is 10.1. The van der Waals surface area contributed by atoms with E-state index in [2.05, 4.69) is 31.8 Å². The van der Waals surface area contributed by atoms with Gasteiger partial charge in [0.2, 0.25) is 0 Å². The Morgan fingerprint density at radius 3 is 2.29 bits per heavy atom. The maximum Gasteiger partial charge on any atom is 0.344 e. The summed E-state index contributed by atoms with van der Waals surface area (Å²) in [6.07, 6.45) is 1.34. The molecule has 2 amide bonds. The highest BCUT2D eigenvalue weighted by atomic mass is 79.9. The largest absolute Gasteiger partial charge is 0.493 e. The van der Waals surface area contributed by atoms with Crippen molar-refractivity contribution in [1.82, 2.24) is 5.43 Å². The molecule has 174 valence electrons. The third-order valence-corrected chi connectivity index (χ3v) is 5.24. The van der Waals surface area contributed by atoms with Crippen LogP contribution in [0.4, 0.5) is 5.69 Å². The highest BCUT2D eigenvalue weighted by Gasteiger charge is 2.16. The Hall–Kier alpha value is -3.98. The molecule has 0 unspecified atom stereocenters. The summed E-state index contributed by atoms with van der Waals surface area (Å²) < 4.78 is 11.4. The molecule has 0 spiro atoms. The van der Waals surface area contributed by atoms with Crippen molar-refractivity contribution in [3.05, 3.63) is 87.4 Å². The second kappa shape index (κ2) is 11.2. The molecule has 3 rings (SSSR count). The lowest BCUT2D eigenvalue weighted by molar-refractivity contribution is -0.136. The number of rotatable bonds is 6. The molecule has 0 saturated heterocycles. The van der Waals surface area contributed by atoms with Gasteiger partial charge in [0.05, 0.1) is 18.9 Å². The Kier molecular flexibility index (Phi) is 8.15. The second-order valence-corrected chi connectivity index (χ2v) is 8.16. The first-order valence-corrected chi connectivity index (χ1v) is 10.9. The first-order valence-electron chi connectivity index (χ1n) is 10.1. The van der Waals surface area contributed by atoms with E-state index in [1.807, 2.05) is 19.9 Å². The standard InChI is InChI=1S/C25H22BrN3O5/c1-15-10-16(2)12-18(11-15)28-23(30)24(31)29-27-14-17-8-9-21(22(13-17)33-3)34-25(32)19-6-4-5-7-20(19)26/h4-14H,1-3H3,(H,28,30)(H,29,31)/b27-14+. The van der Waals surface area contributed by atoms with Gasteiger partial charge in [0.1, 0.15) is 0 Å². The van der Waals surface area contributed by atoms with Crippen LogP contribution in [0.2, 0.25) is 0 Å². The number of methoxy groups -OCH3 is 1. The number of nitrogens with one attached hydrogen (secondary N) is 2. The number of halogens is 1. The molecule has 0 atom stereocenters. The van der Waals surface area contributed by atoms with E-state index in [-0.39, 0.29) is 5.75 Å². The number of ether oxygens (including phenoxy) is 2. The molecule has 3 aromatic rings. The van der Waals surface area contributed by atoms with Crippen molar-refractivity contribution < 1.29 is 23.9 Å². The van der Waals surface area contributed by atoms with Crippen LogP contribution in [0, 0.1) is 13.8 Å². The van der Waals surface area contributed by atoms with Crippen molar-refractivity contribution in [2.24, 2.45) is 5.10 Å². The minimum Gasteiger partial charge on any atom is -0.493 e. The Morgan fingerprint density at radius 1 is 0.912 bits per heavy atom. The third kappa shape index (κ3) is 6.52. The average molecular weight is 524 g/mol. The molecule has 0 aromatic heterocycles. The van der Waals surface area contributed by atoms with Crippen molar-refractivity contribution in [1.29, 1.82) is 0 Å². The first kappa shape index (κ1) is 24.7. The molecule has 0 aliphatic heterocycles. The highest BCUT2D eigenvalue weighted by molar-refractivity contribution is 9.10. The van der Waals surface area contributed by atoms with Crippen molar-refractivity contribution in [2.75, 3.05) is 12.4 Å². The maximum atomic E-state index is 12.4. The summed E-state index contributed by atoms with van der Waals surface area (Å²) >= 11 is 3.32. The molecule has 0 radical (unpaired) electrons. The Labute approximate surface area is 205 Å². The minimum atomic E-state index is -0.915. The Balaban J connectivity index is 1.62. The molecule has 0 bridgehead atoms. The summed E-state index contributed by atoms with van der Waals surface area (Å²) in [7, 11) is 1.44. The molecular weight excluding hydrogens is 502 g/mol. The first-order chi connectivity index (χ1) is 16.3. The zero-order valence-corrected chi connectivity index (χ0v) is 20.3. The maximum absolute atomic E-state index is 12.4. The number of amides is 2. The lowest BCUT2D eigenvalue weighted by Crippen LogP contribution is -2.32. The predicted octanol–water partition coefficient (Wildman–Crippen LogP) is 4.38. The monoisotopic (exact) mass is 523 g/mol. The van der Waals surface area contributed by atoms with Gasteiger partial charge in [0.15, 0.2) is 11.5 Å². The van der Waals surface area contributed by atoms with Crippen LogP contribution >= 0.6 is 15.9 Å². The second-order valence-electron chi connectivity index (χ2n) is 7.31. The number of carbonyl (C=O) groups excluding carboxylic acids is 3. The zero-order chi connectivity index (χ0) is 24.7. The van der Waals surface area contributed by atoms with E-state index < -0.39 is 17.8 Å². The zero-order valence-electron chi connectivity index (χ0n) is 18.7. The van der Waals surface area contributed by atoms with E-state index in [1.165, 1.54) is 13.3 Å². The molecular formula is C25H22BrN3O5. The molecule has 0 heterocycles. The SMILES string of the molecule is COc1cc(/C=N/NC(=O)C(=O)Nc2cc(C)cc(C)c2)ccc1OC(=O)c1ccccc1Br. The number of aryl methyl sites for hydroxylation is 2. The molecule has 0 saturated carbocycles. The van der Waals surface area contributed by atoms with Crippen molar-refractivity contribution >= 4 is 45.6 Å². The van der Waals surface area contributed by atoms with E-state index in [4.69, 9.17) is 9.47 Å². The molecule has 34 heavy (non-hydrogen) atoms. The van der Waals surface area contributed by atoms with Crippen LogP contribution in [0.3, 0.4) is 0 Å². The van der Waals surface area contributed by atoms with E-state index in [0.717, 1.165) is 11.1 Å². The number of hydrogen-bond acceptors (Lipinski definition) is 6. The lowest BCUT2D eigenvalue weighted by Gasteiger charge is -2.10. The van der Waals surface area contributed by atoms with Gasteiger partial charge in [0, 0.05) is 10.2 Å². The Morgan fingerprint density at radius 2 is 1.62 bits per heavy atom. The van der Waals surface area contributed by atoms with Crippen LogP contribution < -0.4 is 20.2 Å².